The number of nitrogens with zero attached hydrogens (tertiary/aromatic N) is 1. The van der Waals surface area contributed by atoms with Crippen LogP contribution in [0.15, 0.2) is 24.3 Å². The minimum Gasteiger partial charge on any atom is -0.497 e. The Labute approximate surface area is 148 Å². The van der Waals surface area contributed by atoms with E-state index in [1.165, 1.54) is 0 Å². The quantitative estimate of drug-likeness (QED) is 0.896. The number of rotatable bonds is 4. The van der Waals surface area contributed by atoms with Crippen LogP contribution >= 0.6 is 0 Å². The van der Waals surface area contributed by atoms with Crippen molar-refractivity contribution in [3.63, 3.8) is 0 Å². The summed E-state index contributed by atoms with van der Waals surface area (Å²) in [6.07, 6.45) is 3.63. The lowest BCUT2D eigenvalue weighted by Gasteiger charge is -2.50. The predicted molar refractivity (Wildman–Crippen MR) is 93.1 cm³/mol. The van der Waals surface area contributed by atoms with Crippen molar-refractivity contribution in [2.45, 2.75) is 38.1 Å². The molecule has 0 aliphatic carbocycles. The number of nitrogens with two attached hydrogens (primary N) is 1. The van der Waals surface area contributed by atoms with Crippen LogP contribution in [-0.4, -0.2) is 49.6 Å². The van der Waals surface area contributed by atoms with Gasteiger partial charge in [0.15, 0.2) is 0 Å². The van der Waals surface area contributed by atoms with E-state index in [-0.39, 0.29) is 17.7 Å². The van der Waals surface area contributed by atoms with Gasteiger partial charge in [0.2, 0.25) is 11.8 Å². The minimum atomic E-state index is -0.539. The molecule has 0 saturated carbocycles. The van der Waals surface area contributed by atoms with Crippen molar-refractivity contribution in [3.8, 4) is 5.75 Å². The molecule has 3 rings (SSSR count). The molecule has 1 spiro atoms. The Hall–Kier alpha value is -2.08. The maximum atomic E-state index is 13.0. The molecule has 25 heavy (non-hydrogen) atoms. The summed E-state index contributed by atoms with van der Waals surface area (Å²) in [6.45, 7) is 1.84. The molecule has 0 aromatic heterocycles. The fraction of sp³-hybridized carbons (Fsp3) is 0.579. The van der Waals surface area contributed by atoms with Crippen molar-refractivity contribution < 1.29 is 19.1 Å². The Morgan fingerprint density at radius 1 is 1.32 bits per heavy atom. The maximum Gasteiger partial charge on any atom is 0.240 e. The van der Waals surface area contributed by atoms with Crippen molar-refractivity contribution >= 4 is 11.8 Å². The SMILES string of the molecule is COc1cccc(CC(=O)N2CCCC3(CCOCC3)C2C(N)=O)c1. The molecule has 6 nitrogen and oxygen atoms in total. The van der Waals surface area contributed by atoms with Crippen LogP contribution < -0.4 is 10.5 Å². The van der Waals surface area contributed by atoms with Crippen molar-refractivity contribution in [1.29, 1.82) is 0 Å². The summed E-state index contributed by atoms with van der Waals surface area (Å²) in [5.74, 6) is 0.263. The fourth-order valence-electron chi connectivity index (χ4n) is 4.28. The Morgan fingerprint density at radius 3 is 2.76 bits per heavy atom. The summed E-state index contributed by atoms with van der Waals surface area (Å²) in [7, 11) is 1.60. The molecule has 0 radical (unpaired) electrons. The number of methoxy groups -OCH3 is 1. The van der Waals surface area contributed by atoms with E-state index in [0.29, 0.717) is 19.8 Å². The lowest BCUT2D eigenvalue weighted by atomic mass is 9.67. The molecule has 1 atom stereocenters. The number of amides is 2. The first-order valence-electron chi connectivity index (χ1n) is 8.85. The van der Waals surface area contributed by atoms with Gasteiger partial charge in [-0.2, -0.15) is 0 Å². The van der Waals surface area contributed by atoms with Crippen LogP contribution in [-0.2, 0) is 20.7 Å². The van der Waals surface area contributed by atoms with Gasteiger partial charge in [-0.05, 0) is 43.4 Å². The van der Waals surface area contributed by atoms with Crippen LogP contribution in [0.5, 0.6) is 5.75 Å². The third kappa shape index (κ3) is 3.63. The number of piperidine rings is 1. The topological polar surface area (TPSA) is 81.9 Å². The van der Waals surface area contributed by atoms with E-state index in [4.69, 9.17) is 15.2 Å². The predicted octanol–water partition coefficient (Wildman–Crippen LogP) is 1.51. The lowest BCUT2D eigenvalue weighted by Crippen LogP contribution is -2.61. The highest BCUT2D eigenvalue weighted by atomic mass is 16.5. The summed E-state index contributed by atoms with van der Waals surface area (Å²) in [6, 6.07) is 6.92. The molecule has 2 N–H and O–H groups in total. The summed E-state index contributed by atoms with van der Waals surface area (Å²) in [5.41, 5.74) is 6.39. The van der Waals surface area contributed by atoms with Crippen molar-refractivity contribution in [3.05, 3.63) is 29.8 Å². The first kappa shape index (κ1) is 17.7. The van der Waals surface area contributed by atoms with Gasteiger partial charge in [0, 0.05) is 25.2 Å². The first-order chi connectivity index (χ1) is 12.1. The molecule has 2 amide bonds. The number of benzene rings is 1. The largest absolute Gasteiger partial charge is 0.497 e. The van der Waals surface area contributed by atoms with E-state index < -0.39 is 11.9 Å². The molecule has 2 fully saturated rings. The van der Waals surface area contributed by atoms with Crippen LogP contribution in [0, 0.1) is 5.41 Å². The molecular weight excluding hydrogens is 320 g/mol. The highest BCUT2D eigenvalue weighted by molar-refractivity contribution is 5.88. The Balaban J connectivity index is 1.80. The standard InChI is InChI=1S/C19H26N2O4/c1-24-15-5-2-4-14(12-15)13-16(22)21-9-3-6-19(17(21)18(20)23)7-10-25-11-8-19/h2,4-5,12,17H,3,6-11,13H2,1H3,(H2,20,23). The number of hydrogen-bond acceptors (Lipinski definition) is 4. The van der Waals surface area contributed by atoms with Gasteiger partial charge >= 0.3 is 0 Å². The molecule has 1 aromatic rings. The molecule has 2 heterocycles. The third-order valence-electron chi connectivity index (χ3n) is 5.53. The van der Waals surface area contributed by atoms with Crippen LogP contribution in [0.4, 0.5) is 0 Å². The van der Waals surface area contributed by atoms with Crippen LogP contribution in [0.1, 0.15) is 31.2 Å². The summed E-state index contributed by atoms with van der Waals surface area (Å²) in [4.78, 5) is 26.9. The molecule has 2 aliphatic heterocycles. The number of ether oxygens (including phenoxy) is 2. The minimum absolute atomic E-state index is 0.0531. The highest BCUT2D eigenvalue weighted by Gasteiger charge is 2.49. The van der Waals surface area contributed by atoms with Gasteiger partial charge in [-0.1, -0.05) is 12.1 Å². The zero-order valence-electron chi connectivity index (χ0n) is 14.7. The Bertz CT molecular complexity index is 635. The van der Waals surface area contributed by atoms with E-state index in [0.717, 1.165) is 37.0 Å². The normalized spacial score (nSPS) is 22.6. The molecule has 0 bridgehead atoms. The zero-order valence-corrected chi connectivity index (χ0v) is 14.7. The molecule has 1 unspecified atom stereocenters. The summed E-state index contributed by atoms with van der Waals surface area (Å²) in [5, 5.41) is 0. The second-order valence-electron chi connectivity index (χ2n) is 7.00. The number of likely N-dealkylation sites (tertiary alicyclic amines) is 1. The number of carbonyl (C=O) groups is 2. The van der Waals surface area contributed by atoms with Gasteiger partial charge in [0.1, 0.15) is 11.8 Å². The lowest BCUT2D eigenvalue weighted by molar-refractivity contribution is -0.152. The van der Waals surface area contributed by atoms with Gasteiger partial charge in [0.25, 0.3) is 0 Å². The van der Waals surface area contributed by atoms with Gasteiger partial charge in [-0.15, -0.1) is 0 Å². The molecule has 2 saturated heterocycles. The zero-order chi connectivity index (χ0) is 17.9. The van der Waals surface area contributed by atoms with Gasteiger partial charge in [0.05, 0.1) is 13.5 Å². The number of carbonyl (C=O) groups excluding carboxylic acids is 2. The number of hydrogen-bond donors (Lipinski definition) is 1. The van der Waals surface area contributed by atoms with E-state index in [9.17, 15) is 9.59 Å². The molecule has 2 aliphatic rings. The van der Waals surface area contributed by atoms with Crippen LogP contribution in [0.2, 0.25) is 0 Å². The van der Waals surface area contributed by atoms with Crippen LogP contribution in [0.3, 0.4) is 0 Å². The Morgan fingerprint density at radius 2 is 2.08 bits per heavy atom. The second kappa shape index (κ2) is 7.44. The molecule has 6 heteroatoms. The van der Waals surface area contributed by atoms with Crippen molar-refractivity contribution in [1.82, 2.24) is 4.90 Å². The maximum absolute atomic E-state index is 13.0. The fourth-order valence-corrected chi connectivity index (χ4v) is 4.28. The second-order valence-corrected chi connectivity index (χ2v) is 7.00. The molecular formula is C19H26N2O4. The van der Waals surface area contributed by atoms with Crippen LogP contribution in [0.25, 0.3) is 0 Å². The van der Waals surface area contributed by atoms with E-state index >= 15 is 0 Å². The molecule has 1 aromatic carbocycles. The van der Waals surface area contributed by atoms with E-state index in [1.807, 2.05) is 24.3 Å². The van der Waals surface area contributed by atoms with E-state index in [2.05, 4.69) is 0 Å². The van der Waals surface area contributed by atoms with Gasteiger partial charge in [-0.3, -0.25) is 9.59 Å². The summed E-state index contributed by atoms with van der Waals surface area (Å²) >= 11 is 0. The van der Waals surface area contributed by atoms with Gasteiger partial charge < -0.3 is 20.1 Å². The number of primary amides is 1. The Kier molecular flexibility index (Phi) is 5.27. The van der Waals surface area contributed by atoms with Crippen molar-refractivity contribution in [2.75, 3.05) is 26.9 Å². The first-order valence-corrected chi connectivity index (χ1v) is 8.85. The highest BCUT2D eigenvalue weighted by Crippen LogP contribution is 2.44. The third-order valence-corrected chi connectivity index (χ3v) is 5.53. The van der Waals surface area contributed by atoms with Crippen molar-refractivity contribution in [2.24, 2.45) is 11.1 Å². The smallest absolute Gasteiger partial charge is 0.240 e. The average Bonchev–Trinajstić information content (AvgIpc) is 2.62. The monoisotopic (exact) mass is 346 g/mol. The van der Waals surface area contributed by atoms with E-state index in [1.54, 1.807) is 12.0 Å². The average molecular weight is 346 g/mol. The molecule has 136 valence electrons. The summed E-state index contributed by atoms with van der Waals surface area (Å²) < 4.78 is 10.7. The van der Waals surface area contributed by atoms with Gasteiger partial charge in [-0.25, -0.2) is 0 Å².